The molecule has 2 saturated heterocycles. The molecule has 0 radical (unpaired) electrons. The van der Waals surface area contributed by atoms with Gasteiger partial charge in [0.25, 0.3) is 0 Å². The zero-order chi connectivity index (χ0) is 16.8. The van der Waals surface area contributed by atoms with Crippen molar-refractivity contribution in [3.8, 4) is 0 Å². The second-order valence-corrected chi connectivity index (χ2v) is 6.58. The number of aromatic nitrogens is 2. The predicted molar refractivity (Wildman–Crippen MR) is 91.8 cm³/mol. The fraction of sp³-hybridized carbons (Fsp3) is 0.706. The molecule has 132 valence electrons. The van der Waals surface area contributed by atoms with Crippen LogP contribution in [0.15, 0.2) is 18.3 Å². The second-order valence-electron chi connectivity index (χ2n) is 6.58. The third kappa shape index (κ3) is 4.42. The van der Waals surface area contributed by atoms with E-state index in [1.165, 1.54) is 0 Å². The van der Waals surface area contributed by atoms with Gasteiger partial charge in [-0.1, -0.05) is 0 Å². The highest BCUT2D eigenvalue weighted by molar-refractivity contribution is 5.81. The highest BCUT2D eigenvalue weighted by Gasteiger charge is 2.27. The van der Waals surface area contributed by atoms with Crippen LogP contribution >= 0.6 is 0 Å². The lowest BCUT2D eigenvalue weighted by atomic mass is 10.2. The van der Waals surface area contributed by atoms with E-state index in [0.29, 0.717) is 12.6 Å². The second kappa shape index (κ2) is 8.39. The number of ether oxygens (including phenoxy) is 1. The molecule has 3 atom stereocenters. The van der Waals surface area contributed by atoms with E-state index in [9.17, 15) is 4.79 Å². The van der Waals surface area contributed by atoms with E-state index >= 15 is 0 Å². The molecular formula is C17H27N5O2. The molecule has 7 heteroatoms. The van der Waals surface area contributed by atoms with Gasteiger partial charge in [-0.3, -0.25) is 4.79 Å². The van der Waals surface area contributed by atoms with Crippen molar-refractivity contribution < 1.29 is 9.53 Å². The molecule has 0 aliphatic carbocycles. The molecular weight excluding hydrogens is 306 g/mol. The summed E-state index contributed by atoms with van der Waals surface area (Å²) in [5.74, 6) is 0.951. The molecule has 2 fully saturated rings. The van der Waals surface area contributed by atoms with Crippen LogP contribution in [-0.4, -0.2) is 60.5 Å². The summed E-state index contributed by atoms with van der Waals surface area (Å²) < 4.78 is 5.53. The minimum Gasteiger partial charge on any atom is -0.376 e. The molecule has 2 aliphatic rings. The predicted octanol–water partition coefficient (Wildman–Crippen LogP) is 0.719. The molecule has 0 spiro atoms. The fourth-order valence-corrected chi connectivity index (χ4v) is 3.37. The molecule has 1 aromatic rings. The standard InChI is InChI=1S/C17H27N5O2/c1-13(17(23)19-12-15-6-4-10-24-15)18-11-14-5-3-9-22(14)16-7-2-8-20-21-16/h2,7-8,13-15,18H,3-6,9-12H2,1H3,(H,19,23). The van der Waals surface area contributed by atoms with Crippen LogP contribution in [-0.2, 0) is 9.53 Å². The van der Waals surface area contributed by atoms with E-state index in [0.717, 1.165) is 51.2 Å². The van der Waals surface area contributed by atoms with Crippen LogP contribution in [0.2, 0.25) is 0 Å². The zero-order valence-electron chi connectivity index (χ0n) is 14.3. The molecule has 0 bridgehead atoms. The number of carbonyl (C=O) groups is 1. The van der Waals surface area contributed by atoms with E-state index in [-0.39, 0.29) is 18.1 Å². The Morgan fingerprint density at radius 2 is 2.33 bits per heavy atom. The Balaban J connectivity index is 1.43. The van der Waals surface area contributed by atoms with Gasteiger partial charge in [0.1, 0.15) is 0 Å². The molecule has 1 aromatic heterocycles. The van der Waals surface area contributed by atoms with E-state index in [1.807, 2.05) is 19.1 Å². The maximum atomic E-state index is 12.2. The number of rotatable bonds is 7. The average Bonchev–Trinajstić information content (AvgIpc) is 3.29. The van der Waals surface area contributed by atoms with E-state index < -0.39 is 0 Å². The quantitative estimate of drug-likeness (QED) is 0.765. The van der Waals surface area contributed by atoms with Crippen LogP contribution in [0.1, 0.15) is 32.6 Å². The van der Waals surface area contributed by atoms with Gasteiger partial charge in [0.15, 0.2) is 5.82 Å². The number of nitrogens with one attached hydrogen (secondary N) is 2. The van der Waals surface area contributed by atoms with Gasteiger partial charge in [0.2, 0.25) is 5.91 Å². The summed E-state index contributed by atoms with van der Waals surface area (Å²) in [6, 6.07) is 4.04. The monoisotopic (exact) mass is 333 g/mol. The first-order chi connectivity index (χ1) is 11.7. The van der Waals surface area contributed by atoms with Crippen LogP contribution in [0.3, 0.4) is 0 Å². The first kappa shape index (κ1) is 17.1. The SMILES string of the molecule is CC(NCC1CCCN1c1cccnn1)C(=O)NCC1CCCO1. The number of hydrogen-bond acceptors (Lipinski definition) is 6. The molecule has 3 heterocycles. The van der Waals surface area contributed by atoms with Gasteiger partial charge in [-0.2, -0.15) is 5.10 Å². The summed E-state index contributed by atoms with van der Waals surface area (Å²) in [4.78, 5) is 14.5. The summed E-state index contributed by atoms with van der Waals surface area (Å²) in [7, 11) is 0. The largest absolute Gasteiger partial charge is 0.376 e. The summed E-state index contributed by atoms with van der Waals surface area (Å²) in [5, 5.41) is 14.5. The number of nitrogens with zero attached hydrogens (tertiary/aromatic N) is 3. The van der Waals surface area contributed by atoms with Gasteiger partial charge in [-0.15, -0.1) is 5.10 Å². The first-order valence-corrected chi connectivity index (χ1v) is 8.91. The number of hydrogen-bond donors (Lipinski definition) is 2. The summed E-state index contributed by atoms with van der Waals surface area (Å²) >= 11 is 0. The van der Waals surface area contributed by atoms with E-state index in [1.54, 1.807) is 6.20 Å². The molecule has 3 unspecified atom stereocenters. The molecule has 7 nitrogen and oxygen atoms in total. The lowest BCUT2D eigenvalue weighted by molar-refractivity contribution is -0.123. The van der Waals surface area contributed by atoms with Gasteiger partial charge >= 0.3 is 0 Å². The van der Waals surface area contributed by atoms with Crippen LogP contribution < -0.4 is 15.5 Å². The van der Waals surface area contributed by atoms with Crippen molar-refractivity contribution in [2.75, 3.05) is 31.1 Å². The zero-order valence-corrected chi connectivity index (χ0v) is 14.3. The summed E-state index contributed by atoms with van der Waals surface area (Å²) in [6.45, 7) is 5.09. The lowest BCUT2D eigenvalue weighted by Crippen LogP contribution is -2.48. The molecule has 0 aromatic carbocycles. The van der Waals surface area contributed by atoms with Crippen LogP contribution in [0.4, 0.5) is 5.82 Å². The van der Waals surface area contributed by atoms with E-state index in [2.05, 4.69) is 25.7 Å². The number of anilines is 1. The van der Waals surface area contributed by atoms with Crippen molar-refractivity contribution in [1.29, 1.82) is 0 Å². The maximum absolute atomic E-state index is 12.2. The Hall–Kier alpha value is -1.73. The minimum atomic E-state index is -0.212. The molecule has 2 aliphatic heterocycles. The molecule has 24 heavy (non-hydrogen) atoms. The fourth-order valence-electron chi connectivity index (χ4n) is 3.37. The Morgan fingerprint density at radius 1 is 1.42 bits per heavy atom. The molecule has 2 N–H and O–H groups in total. The van der Waals surface area contributed by atoms with Gasteiger partial charge < -0.3 is 20.3 Å². The smallest absolute Gasteiger partial charge is 0.236 e. The molecule has 1 amide bonds. The third-order valence-electron chi connectivity index (χ3n) is 4.81. The molecule has 0 saturated carbocycles. The maximum Gasteiger partial charge on any atom is 0.236 e. The molecule has 3 rings (SSSR count). The Morgan fingerprint density at radius 3 is 3.08 bits per heavy atom. The first-order valence-electron chi connectivity index (χ1n) is 8.91. The van der Waals surface area contributed by atoms with Crippen molar-refractivity contribution in [3.05, 3.63) is 18.3 Å². The van der Waals surface area contributed by atoms with Crippen LogP contribution in [0.25, 0.3) is 0 Å². The lowest BCUT2D eigenvalue weighted by Gasteiger charge is -2.26. The number of carbonyl (C=O) groups excluding carboxylic acids is 1. The van der Waals surface area contributed by atoms with Crippen LogP contribution in [0, 0.1) is 0 Å². The highest BCUT2D eigenvalue weighted by Crippen LogP contribution is 2.22. The average molecular weight is 333 g/mol. The van der Waals surface area contributed by atoms with Crippen molar-refractivity contribution in [1.82, 2.24) is 20.8 Å². The van der Waals surface area contributed by atoms with Gasteiger partial charge in [-0.25, -0.2) is 0 Å². The Kier molecular flexibility index (Phi) is 5.98. The highest BCUT2D eigenvalue weighted by atomic mass is 16.5. The Labute approximate surface area is 143 Å². The van der Waals surface area contributed by atoms with Crippen molar-refractivity contribution in [2.24, 2.45) is 0 Å². The Bertz CT molecular complexity index is 521. The number of amides is 1. The van der Waals surface area contributed by atoms with Crippen molar-refractivity contribution in [3.63, 3.8) is 0 Å². The van der Waals surface area contributed by atoms with Gasteiger partial charge in [0.05, 0.1) is 12.1 Å². The van der Waals surface area contributed by atoms with Gasteiger partial charge in [-0.05, 0) is 44.7 Å². The third-order valence-corrected chi connectivity index (χ3v) is 4.81. The van der Waals surface area contributed by atoms with Gasteiger partial charge in [0, 0.05) is 38.5 Å². The minimum absolute atomic E-state index is 0.0366. The topological polar surface area (TPSA) is 79.4 Å². The van der Waals surface area contributed by atoms with E-state index in [4.69, 9.17) is 4.74 Å². The van der Waals surface area contributed by atoms with Crippen molar-refractivity contribution >= 4 is 11.7 Å². The summed E-state index contributed by atoms with van der Waals surface area (Å²) in [6.07, 6.45) is 6.25. The van der Waals surface area contributed by atoms with Crippen LogP contribution in [0.5, 0.6) is 0 Å². The summed E-state index contributed by atoms with van der Waals surface area (Å²) in [5.41, 5.74) is 0. The normalized spacial score (nSPS) is 25.0. The van der Waals surface area contributed by atoms with Crippen molar-refractivity contribution in [2.45, 2.75) is 50.8 Å².